The van der Waals surface area contributed by atoms with E-state index in [0.717, 1.165) is 4.90 Å². The molecule has 1 aliphatic heterocycles. The SMILES string of the molecule is CC(C)(C)OC(=O)N1CC[C@@H](C(F)(F)F)C1. The van der Waals surface area contributed by atoms with Crippen LogP contribution in [0.4, 0.5) is 18.0 Å². The summed E-state index contributed by atoms with van der Waals surface area (Å²) in [6.45, 7) is 4.87. The molecule has 0 N–H and O–H groups in total. The maximum Gasteiger partial charge on any atom is 0.410 e. The second kappa shape index (κ2) is 4.14. The second-order valence-electron chi connectivity index (χ2n) is 4.95. The first-order valence-electron chi connectivity index (χ1n) is 5.14. The topological polar surface area (TPSA) is 29.5 Å². The van der Waals surface area contributed by atoms with E-state index in [1.165, 1.54) is 0 Å². The lowest BCUT2D eigenvalue weighted by molar-refractivity contribution is -0.170. The molecule has 1 atom stereocenters. The number of likely N-dealkylation sites (tertiary alicyclic amines) is 1. The maximum absolute atomic E-state index is 12.4. The third-order valence-corrected chi connectivity index (χ3v) is 2.30. The number of alkyl halides is 3. The number of carbonyl (C=O) groups is 1. The fourth-order valence-corrected chi connectivity index (χ4v) is 1.52. The van der Waals surface area contributed by atoms with Crippen molar-refractivity contribution in [2.75, 3.05) is 13.1 Å². The van der Waals surface area contributed by atoms with Gasteiger partial charge < -0.3 is 9.64 Å². The van der Waals surface area contributed by atoms with Crippen LogP contribution in [0, 0.1) is 5.92 Å². The van der Waals surface area contributed by atoms with E-state index in [4.69, 9.17) is 4.74 Å². The summed E-state index contributed by atoms with van der Waals surface area (Å²) >= 11 is 0. The second-order valence-corrected chi connectivity index (χ2v) is 4.95. The Labute approximate surface area is 92.5 Å². The fraction of sp³-hybridized carbons (Fsp3) is 0.900. The van der Waals surface area contributed by atoms with E-state index in [-0.39, 0.29) is 19.5 Å². The number of nitrogens with zero attached hydrogens (tertiary/aromatic N) is 1. The zero-order valence-electron chi connectivity index (χ0n) is 9.60. The first kappa shape index (κ1) is 13.1. The molecule has 0 aromatic carbocycles. The van der Waals surface area contributed by atoms with Crippen LogP contribution >= 0.6 is 0 Å². The van der Waals surface area contributed by atoms with Crippen molar-refractivity contribution in [3.63, 3.8) is 0 Å². The molecule has 1 aliphatic rings. The van der Waals surface area contributed by atoms with Crippen LogP contribution in [0.5, 0.6) is 0 Å². The number of ether oxygens (including phenoxy) is 1. The minimum absolute atomic E-state index is 0.0389. The summed E-state index contributed by atoms with van der Waals surface area (Å²) in [7, 11) is 0. The standard InChI is InChI=1S/C10H16F3NO2/c1-9(2,3)16-8(15)14-5-4-7(6-14)10(11,12)13/h7H,4-6H2,1-3H3/t7-/m1/s1. The van der Waals surface area contributed by atoms with Crippen LogP contribution < -0.4 is 0 Å². The largest absolute Gasteiger partial charge is 0.444 e. The van der Waals surface area contributed by atoms with E-state index in [2.05, 4.69) is 0 Å². The maximum atomic E-state index is 12.4. The van der Waals surface area contributed by atoms with Crippen molar-refractivity contribution in [1.29, 1.82) is 0 Å². The average molecular weight is 239 g/mol. The Hall–Kier alpha value is -0.940. The molecule has 0 aliphatic carbocycles. The molecule has 0 spiro atoms. The molecular formula is C10H16F3NO2. The van der Waals surface area contributed by atoms with Crippen LogP contribution in [-0.4, -0.2) is 35.9 Å². The number of rotatable bonds is 0. The van der Waals surface area contributed by atoms with Gasteiger partial charge in [-0.1, -0.05) is 0 Å². The molecule has 0 radical (unpaired) electrons. The van der Waals surface area contributed by atoms with Gasteiger partial charge in [0.2, 0.25) is 0 Å². The molecule has 0 saturated carbocycles. The normalized spacial score (nSPS) is 22.4. The van der Waals surface area contributed by atoms with Crippen molar-refractivity contribution in [2.45, 2.75) is 39.0 Å². The minimum atomic E-state index is -4.23. The minimum Gasteiger partial charge on any atom is -0.444 e. The summed E-state index contributed by atoms with van der Waals surface area (Å²) in [4.78, 5) is 12.6. The zero-order chi connectivity index (χ0) is 12.6. The van der Waals surface area contributed by atoms with Crippen molar-refractivity contribution < 1.29 is 22.7 Å². The Kier molecular flexibility index (Phi) is 3.40. The molecule has 16 heavy (non-hydrogen) atoms. The molecule has 1 fully saturated rings. The van der Waals surface area contributed by atoms with Gasteiger partial charge in [-0.25, -0.2) is 4.79 Å². The smallest absolute Gasteiger partial charge is 0.410 e. The summed E-state index contributed by atoms with van der Waals surface area (Å²) in [6.07, 6.45) is -4.93. The average Bonchev–Trinajstić information content (AvgIpc) is 2.46. The third-order valence-electron chi connectivity index (χ3n) is 2.30. The molecule has 0 unspecified atom stereocenters. The van der Waals surface area contributed by atoms with E-state index >= 15 is 0 Å². The highest BCUT2D eigenvalue weighted by atomic mass is 19.4. The molecule has 1 amide bonds. The van der Waals surface area contributed by atoms with Gasteiger partial charge in [-0.3, -0.25) is 0 Å². The van der Waals surface area contributed by atoms with Gasteiger partial charge in [0.15, 0.2) is 0 Å². The summed E-state index contributed by atoms with van der Waals surface area (Å²) in [5.74, 6) is -1.42. The van der Waals surface area contributed by atoms with Crippen LogP contribution in [0.15, 0.2) is 0 Å². The highest BCUT2D eigenvalue weighted by Gasteiger charge is 2.45. The summed E-state index contributed by atoms with van der Waals surface area (Å²) < 4.78 is 42.1. The van der Waals surface area contributed by atoms with Crippen LogP contribution in [0.1, 0.15) is 27.2 Å². The highest BCUT2D eigenvalue weighted by molar-refractivity contribution is 5.68. The molecule has 6 heteroatoms. The molecule has 1 heterocycles. The molecular weight excluding hydrogens is 223 g/mol. The van der Waals surface area contributed by atoms with Crippen LogP contribution in [-0.2, 0) is 4.74 Å². The molecule has 3 nitrogen and oxygen atoms in total. The Bertz CT molecular complexity index is 270. The van der Waals surface area contributed by atoms with Gasteiger partial charge in [0.25, 0.3) is 0 Å². The van der Waals surface area contributed by atoms with Crippen molar-refractivity contribution in [1.82, 2.24) is 4.90 Å². The van der Waals surface area contributed by atoms with Gasteiger partial charge in [-0.05, 0) is 27.2 Å². The van der Waals surface area contributed by atoms with Gasteiger partial charge >= 0.3 is 12.3 Å². The van der Waals surface area contributed by atoms with E-state index in [9.17, 15) is 18.0 Å². The first-order chi connectivity index (χ1) is 7.09. The van der Waals surface area contributed by atoms with Crippen molar-refractivity contribution in [2.24, 2.45) is 5.92 Å². The highest BCUT2D eigenvalue weighted by Crippen LogP contribution is 2.33. The Morgan fingerprint density at radius 1 is 1.31 bits per heavy atom. The van der Waals surface area contributed by atoms with E-state index in [0.29, 0.717) is 0 Å². The lowest BCUT2D eigenvalue weighted by atomic mass is 10.1. The molecule has 0 aromatic heterocycles. The Morgan fingerprint density at radius 2 is 1.88 bits per heavy atom. The van der Waals surface area contributed by atoms with Gasteiger partial charge in [-0.15, -0.1) is 0 Å². The van der Waals surface area contributed by atoms with Gasteiger partial charge in [0, 0.05) is 13.1 Å². The predicted molar refractivity (Wildman–Crippen MR) is 52.0 cm³/mol. The van der Waals surface area contributed by atoms with Crippen LogP contribution in [0.25, 0.3) is 0 Å². The van der Waals surface area contributed by atoms with Crippen molar-refractivity contribution in [3.8, 4) is 0 Å². The summed E-state index contributed by atoms with van der Waals surface area (Å²) in [5.41, 5.74) is -0.673. The molecule has 94 valence electrons. The Morgan fingerprint density at radius 3 is 2.25 bits per heavy atom. The van der Waals surface area contributed by atoms with Gasteiger partial charge in [0.05, 0.1) is 5.92 Å². The predicted octanol–water partition coefficient (Wildman–Crippen LogP) is 2.81. The molecule has 0 bridgehead atoms. The van der Waals surface area contributed by atoms with E-state index in [1.807, 2.05) is 0 Å². The van der Waals surface area contributed by atoms with Crippen molar-refractivity contribution >= 4 is 6.09 Å². The quantitative estimate of drug-likeness (QED) is 0.650. The van der Waals surface area contributed by atoms with E-state index < -0.39 is 23.8 Å². The number of hydrogen-bond acceptors (Lipinski definition) is 2. The lowest BCUT2D eigenvalue weighted by Crippen LogP contribution is -2.36. The van der Waals surface area contributed by atoms with Gasteiger partial charge in [-0.2, -0.15) is 13.2 Å². The fourth-order valence-electron chi connectivity index (χ4n) is 1.52. The third kappa shape index (κ3) is 3.57. The van der Waals surface area contributed by atoms with Crippen LogP contribution in [0.3, 0.4) is 0 Å². The molecule has 1 saturated heterocycles. The number of carbonyl (C=O) groups excluding carboxylic acids is 1. The zero-order valence-corrected chi connectivity index (χ0v) is 9.60. The van der Waals surface area contributed by atoms with Crippen LogP contribution in [0.2, 0.25) is 0 Å². The van der Waals surface area contributed by atoms with E-state index in [1.54, 1.807) is 20.8 Å². The van der Waals surface area contributed by atoms with Gasteiger partial charge in [0.1, 0.15) is 5.60 Å². The lowest BCUT2D eigenvalue weighted by Gasteiger charge is -2.24. The monoisotopic (exact) mass is 239 g/mol. The summed E-state index contributed by atoms with van der Waals surface area (Å²) in [5, 5.41) is 0. The number of hydrogen-bond donors (Lipinski definition) is 0. The first-order valence-corrected chi connectivity index (χ1v) is 5.14. The van der Waals surface area contributed by atoms with Crippen molar-refractivity contribution in [3.05, 3.63) is 0 Å². The molecule has 1 rings (SSSR count). The molecule has 0 aromatic rings. The number of halogens is 3. The Balaban J connectivity index is 2.51. The number of amides is 1. The summed E-state index contributed by atoms with van der Waals surface area (Å²) in [6, 6.07) is 0.